The molecule has 1 amide bonds. The van der Waals surface area contributed by atoms with Crippen molar-refractivity contribution in [1.82, 2.24) is 10.2 Å². The van der Waals surface area contributed by atoms with Crippen molar-refractivity contribution in [3.8, 4) is 0 Å². The summed E-state index contributed by atoms with van der Waals surface area (Å²) in [5.41, 5.74) is 0. The normalized spacial score (nSPS) is 27.8. The van der Waals surface area contributed by atoms with Gasteiger partial charge in [-0.15, -0.1) is 0 Å². The number of nitrogens with zero attached hydrogens (tertiary/aromatic N) is 1. The summed E-state index contributed by atoms with van der Waals surface area (Å²) in [6.07, 6.45) is 7.46. The van der Waals surface area contributed by atoms with Crippen LogP contribution < -0.4 is 5.32 Å². The minimum absolute atomic E-state index is 0.175. The van der Waals surface area contributed by atoms with Crippen LogP contribution in [0.1, 0.15) is 32.1 Å². The van der Waals surface area contributed by atoms with E-state index < -0.39 is 0 Å². The summed E-state index contributed by atoms with van der Waals surface area (Å²) in [5.74, 6) is 0.421. The van der Waals surface area contributed by atoms with Crippen LogP contribution in [0.15, 0.2) is 0 Å². The first-order valence-electron chi connectivity index (χ1n) is 6.22. The fourth-order valence-corrected chi connectivity index (χ4v) is 2.73. The number of carbonyl (C=O) groups excluding carboxylic acids is 2. The average Bonchev–Trinajstić information content (AvgIpc) is 2.39. The Morgan fingerprint density at radius 3 is 2.69 bits per heavy atom. The molecule has 4 heteroatoms. The van der Waals surface area contributed by atoms with Gasteiger partial charge in [-0.1, -0.05) is 19.3 Å². The summed E-state index contributed by atoms with van der Waals surface area (Å²) in [7, 11) is 0. The number of Topliss-reactive ketones (excluding diaryl/α,β-unsaturated/α-hetero) is 1. The van der Waals surface area contributed by atoms with Crippen molar-refractivity contribution < 1.29 is 9.59 Å². The molecule has 89 valence electrons. The lowest BCUT2D eigenvalue weighted by molar-refractivity contribution is -0.128. The second-order valence-corrected chi connectivity index (χ2v) is 4.74. The highest BCUT2D eigenvalue weighted by Gasteiger charge is 2.33. The van der Waals surface area contributed by atoms with Crippen LogP contribution in [-0.2, 0) is 9.59 Å². The van der Waals surface area contributed by atoms with Gasteiger partial charge in [-0.3, -0.25) is 9.59 Å². The van der Waals surface area contributed by atoms with Crippen LogP contribution >= 0.6 is 0 Å². The van der Waals surface area contributed by atoms with Crippen molar-refractivity contribution in [2.75, 3.05) is 19.6 Å². The van der Waals surface area contributed by atoms with E-state index in [2.05, 4.69) is 5.32 Å². The van der Waals surface area contributed by atoms with Gasteiger partial charge in [0.1, 0.15) is 6.04 Å². The molecule has 0 aromatic heterocycles. The summed E-state index contributed by atoms with van der Waals surface area (Å²) in [6, 6.07) is -0.269. The Balaban J connectivity index is 1.97. The summed E-state index contributed by atoms with van der Waals surface area (Å²) in [4.78, 5) is 24.6. The smallest absolute Gasteiger partial charge is 0.312 e. The van der Waals surface area contributed by atoms with Gasteiger partial charge in [0, 0.05) is 25.6 Å². The standard InChI is InChI=1S/C12H19N2O2/c15-9-14-7-6-13-8-11(14)12(16)10-4-2-1-3-5-10/h10-11,13H,1-8H2. The number of amides is 1. The molecule has 1 aliphatic carbocycles. The Labute approximate surface area is 96.4 Å². The van der Waals surface area contributed by atoms with E-state index in [9.17, 15) is 9.59 Å². The number of ketones is 1. The largest absolute Gasteiger partial charge is 0.322 e. The molecule has 1 saturated carbocycles. The molecule has 1 unspecified atom stereocenters. The zero-order chi connectivity index (χ0) is 11.4. The Morgan fingerprint density at radius 1 is 1.25 bits per heavy atom. The Morgan fingerprint density at radius 2 is 2.00 bits per heavy atom. The van der Waals surface area contributed by atoms with Gasteiger partial charge in [-0.05, 0) is 12.8 Å². The van der Waals surface area contributed by atoms with Gasteiger partial charge in [-0.2, -0.15) is 0 Å². The molecule has 0 aromatic carbocycles. The third-order valence-corrected chi connectivity index (χ3v) is 3.70. The van der Waals surface area contributed by atoms with Crippen LogP contribution in [0.3, 0.4) is 0 Å². The molecule has 2 rings (SSSR count). The topological polar surface area (TPSA) is 49.4 Å². The number of hydrogen-bond donors (Lipinski definition) is 1. The quantitative estimate of drug-likeness (QED) is 0.757. The Bertz CT molecular complexity index is 262. The molecule has 1 N–H and O–H groups in total. The summed E-state index contributed by atoms with van der Waals surface area (Å²) < 4.78 is 0. The highest BCUT2D eigenvalue weighted by Crippen LogP contribution is 2.26. The summed E-state index contributed by atoms with van der Waals surface area (Å²) in [6.45, 7) is 1.97. The number of carbonyl (C=O) groups is 1. The van der Waals surface area contributed by atoms with Crippen LogP contribution in [-0.4, -0.2) is 42.8 Å². The molecule has 2 aliphatic rings. The number of rotatable bonds is 3. The van der Waals surface area contributed by atoms with Crippen molar-refractivity contribution in [1.29, 1.82) is 0 Å². The lowest BCUT2D eigenvalue weighted by atomic mass is 9.83. The maximum atomic E-state index is 12.3. The van der Waals surface area contributed by atoms with Crippen molar-refractivity contribution in [3.05, 3.63) is 0 Å². The molecular weight excluding hydrogens is 204 g/mol. The third-order valence-electron chi connectivity index (χ3n) is 3.70. The van der Waals surface area contributed by atoms with Crippen LogP contribution in [0.4, 0.5) is 0 Å². The van der Waals surface area contributed by atoms with Crippen molar-refractivity contribution >= 4 is 12.2 Å². The lowest BCUT2D eigenvalue weighted by Gasteiger charge is -2.34. The predicted molar refractivity (Wildman–Crippen MR) is 60.6 cm³/mol. The molecule has 1 saturated heterocycles. The second kappa shape index (κ2) is 5.43. The van der Waals surface area contributed by atoms with E-state index in [1.165, 1.54) is 11.3 Å². The van der Waals surface area contributed by atoms with Gasteiger partial charge in [-0.25, -0.2) is 0 Å². The summed E-state index contributed by atoms with van der Waals surface area (Å²) in [5, 5.41) is 3.18. The molecule has 4 nitrogen and oxygen atoms in total. The minimum Gasteiger partial charge on any atom is -0.322 e. The molecule has 1 aliphatic heterocycles. The first-order valence-corrected chi connectivity index (χ1v) is 6.22. The molecule has 2 fully saturated rings. The van der Waals surface area contributed by atoms with Gasteiger partial charge in [0.05, 0.1) is 0 Å². The molecular formula is C12H19N2O2. The maximum Gasteiger partial charge on any atom is 0.312 e. The van der Waals surface area contributed by atoms with Gasteiger partial charge in [0.25, 0.3) is 0 Å². The zero-order valence-electron chi connectivity index (χ0n) is 9.58. The fourth-order valence-electron chi connectivity index (χ4n) is 2.73. The van der Waals surface area contributed by atoms with Gasteiger partial charge in [0.15, 0.2) is 5.78 Å². The Kier molecular flexibility index (Phi) is 3.93. The zero-order valence-corrected chi connectivity index (χ0v) is 9.58. The van der Waals surface area contributed by atoms with Crippen LogP contribution in [0.5, 0.6) is 0 Å². The van der Waals surface area contributed by atoms with Crippen LogP contribution in [0.2, 0.25) is 0 Å². The van der Waals surface area contributed by atoms with Crippen LogP contribution in [0.25, 0.3) is 0 Å². The maximum absolute atomic E-state index is 12.3. The van der Waals surface area contributed by atoms with E-state index in [1.807, 2.05) is 6.41 Å². The van der Waals surface area contributed by atoms with E-state index >= 15 is 0 Å². The van der Waals surface area contributed by atoms with E-state index in [-0.39, 0.29) is 17.7 Å². The number of nitrogens with one attached hydrogen (secondary N) is 1. The molecule has 0 spiro atoms. The Hall–Kier alpha value is -0.900. The van der Waals surface area contributed by atoms with Crippen molar-refractivity contribution in [2.45, 2.75) is 38.1 Å². The monoisotopic (exact) mass is 223 g/mol. The van der Waals surface area contributed by atoms with Gasteiger partial charge < -0.3 is 10.2 Å². The fraction of sp³-hybridized carbons (Fsp3) is 0.833. The number of hydrogen-bond acceptors (Lipinski definition) is 3. The van der Waals surface area contributed by atoms with Gasteiger partial charge >= 0.3 is 6.41 Å². The molecule has 0 bridgehead atoms. The van der Waals surface area contributed by atoms with Gasteiger partial charge in [0.2, 0.25) is 0 Å². The van der Waals surface area contributed by atoms with E-state index in [1.54, 1.807) is 0 Å². The molecule has 1 radical (unpaired) electrons. The minimum atomic E-state index is -0.269. The lowest BCUT2D eigenvalue weighted by Crippen LogP contribution is -2.55. The molecule has 16 heavy (non-hydrogen) atoms. The third kappa shape index (κ3) is 2.43. The highest BCUT2D eigenvalue weighted by molar-refractivity contribution is 5.88. The van der Waals surface area contributed by atoms with Crippen molar-refractivity contribution in [2.24, 2.45) is 5.92 Å². The molecule has 0 aromatic rings. The average molecular weight is 223 g/mol. The number of piperazine rings is 1. The molecule has 1 heterocycles. The van der Waals surface area contributed by atoms with E-state index in [4.69, 9.17) is 0 Å². The predicted octanol–water partition coefficient (Wildman–Crippen LogP) is 0.477. The SMILES string of the molecule is O=[C]N1CCNCC1C(=O)C1CCCCC1. The second-order valence-electron chi connectivity index (χ2n) is 4.74. The van der Waals surface area contributed by atoms with E-state index in [0.717, 1.165) is 32.2 Å². The molecule has 1 atom stereocenters. The van der Waals surface area contributed by atoms with Crippen LogP contribution in [0, 0.1) is 5.92 Å². The van der Waals surface area contributed by atoms with Crippen molar-refractivity contribution in [3.63, 3.8) is 0 Å². The first kappa shape index (κ1) is 11.6. The summed E-state index contributed by atoms with van der Waals surface area (Å²) >= 11 is 0. The highest BCUT2D eigenvalue weighted by atomic mass is 16.1. The van der Waals surface area contributed by atoms with E-state index in [0.29, 0.717) is 13.1 Å². The first-order chi connectivity index (χ1) is 7.83.